The van der Waals surface area contributed by atoms with Gasteiger partial charge in [-0.1, -0.05) is 13.0 Å². The summed E-state index contributed by atoms with van der Waals surface area (Å²) in [6, 6.07) is 3.48. The predicted octanol–water partition coefficient (Wildman–Crippen LogP) is 2.37. The minimum atomic E-state index is -0.569. The number of benzene rings is 1. The first-order valence-corrected chi connectivity index (χ1v) is 6.23. The molecule has 2 rings (SSSR count). The second kappa shape index (κ2) is 6.38. The van der Waals surface area contributed by atoms with Gasteiger partial charge in [0.05, 0.1) is 17.9 Å². The van der Waals surface area contributed by atoms with Gasteiger partial charge in [-0.05, 0) is 31.0 Å². The number of nitrogens with zero attached hydrogens (tertiary/aromatic N) is 2. The fourth-order valence-corrected chi connectivity index (χ4v) is 1.89. The van der Waals surface area contributed by atoms with E-state index in [2.05, 4.69) is 20.7 Å². The summed E-state index contributed by atoms with van der Waals surface area (Å²) in [6.07, 6.45) is 2.97. The molecule has 1 unspecified atom stereocenters. The van der Waals surface area contributed by atoms with Crippen LogP contribution in [0.4, 0.5) is 8.78 Å². The van der Waals surface area contributed by atoms with Crippen molar-refractivity contribution in [3.8, 4) is 0 Å². The van der Waals surface area contributed by atoms with Gasteiger partial charge in [-0.15, -0.1) is 0 Å². The maximum atomic E-state index is 13.7. The molecule has 1 heterocycles. The van der Waals surface area contributed by atoms with Crippen molar-refractivity contribution >= 4 is 0 Å². The summed E-state index contributed by atoms with van der Waals surface area (Å²) in [5.41, 5.74) is 1.18. The highest BCUT2D eigenvalue weighted by atomic mass is 19.1. The lowest BCUT2D eigenvalue weighted by molar-refractivity contribution is 0.499. The Morgan fingerprint density at radius 1 is 1.37 bits per heavy atom. The molecule has 0 aliphatic rings. The van der Waals surface area contributed by atoms with Gasteiger partial charge in [-0.25, -0.2) is 8.78 Å². The Morgan fingerprint density at radius 2 is 2.21 bits per heavy atom. The summed E-state index contributed by atoms with van der Waals surface area (Å²) >= 11 is 0. The normalized spacial score (nSPS) is 12.6. The van der Waals surface area contributed by atoms with E-state index in [-0.39, 0.29) is 6.04 Å². The Bertz CT molecular complexity index is 513. The number of nitrogens with one attached hydrogen (secondary N) is 2. The van der Waals surface area contributed by atoms with Crippen LogP contribution >= 0.6 is 0 Å². The number of H-pyrrole nitrogens is 1. The lowest BCUT2D eigenvalue weighted by Gasteiger charge is -2.16. The molecule has 19 heavy (non-hydrogen) atoms. The summed E-state index contributed by atoms with van der Waals surface area (Å²) in [5.74, 6) is -1.10. The monoisotopic (exact) mass is 266 g/mol. The number of rotatable bonds is 6. The van der Waals surface area contributed by atoms with Gasteiger partial charge in [0.1, 0.15) is 11.6 Å². The maximum absolute atomic E-state index is 13.7. The zero-order valence-electron chi connectivity index (χ0n) is 10.7. The number of aromatic amines is 1. The number of hydrogen-bond donors (Lipinski definition) is 2. The van der Waals surface area contributed by atoms with E-state index < -0.39 is 11.6 Å². The van der Waals surface area contributed by atoms with Crippen molar-refractivity contribution in [3.63, 3.8) is 0 Å². The summed E-state index contributed by atoms with van der Waals surface area (Å²) < 4.78 is 26.5. The van der Waals surface area contributed by atoms with Crippen LogP contribution in [-0.4, -0.2) is 22.0 Å². The van der Waals surface area contributed by atoms with Crippen LogP contribution in [0.15, 0.2) is 24.4 Å². The molecule has 0 fully saturated rings. The Labute approximate surface area is 110 Å². The first kappa shape index (κ1) is 13.6. The fourth-order valence-electron chi connectivity index (χ4n) is 1.89. The van der Waals surface area contributed by atoms with Gasteiger partial charge in [0.2, 0.25) is 0 Å². The Morgan fingerprint density at radius 3 is 2.84 bits per heavy atom. The highest BCUT2D eigenvalue weighted by molar-refractivity contribution is 5.21. The standard InChI is InChI=1S/C13H16F2N4/c1-2-5-16-12(13-8-17-19-18-13)6-9-3-4-10(14)7-11(9)15/h3-4,7-8,12,16H,2,5-6H2,1H3,(H,17,18,19). The van der Waals surface area contributed by atoms with E-state index in [1.165, 1.54) is 12.1 Å². The highest BCUT2D eigenvalue weighted by Gasteiger charge is 2.16. The molecule has 1 aromatic carbocycles. The van der Waals surface area contributed by atoms with Crippen LogP contribution in [0.5, 0.6) is 0 Å². The van der Waals surface area contributed by atoms with E-state index in [0.717, 1.165) is 24.7 Å². The quantitative estimate of drug-likeness (QED) is 0.844. The van der Waals surface area contributed by atoms with Crippen molar-refractivity contribution in [1.29, 1.82) is 0 Å². The Hall–Kier alpha value is -1.82. The lowest BCUT2D eigenvalue weighted by atomic mass is 10.0. The Balaban J connectivity index is 2.15. The predicted molar refractivity (Wildman–Crippen MR) is 67.5 cm³/mol. The van der Waals surface area contributed by atoms with E-state index in [1.807, 2.05) is 6.92 Å². The average molecular weight is 266 g/mol. The van der Waals surface area contributed by atoms with E-state index in [9.17, 15) is 8.78 Å². The molecule has 1 atom stereocenters. The molecule has 6 heteroatoms. The van der Waals surface area contributed by atoms with Gasteiger partial charge in [0.15, 0.2) is 0 Å². The summed E-state index contributed by atoms with van der Waals surface area (Å²) in [5, 5.41) is 13.6. The summed E-state index contributed by atoms with van der Waals surface area (Å²) in [7, 11) is 0. The minimum Gasteiger partial charge on any atom is -0.308 e. The van der Waals surface area contributed by atoms with E-state index in [1.54, 1.807) is 6.20 Å². The topological polar surface area (TPSA) is 53.6 Å². The van der Waals surface area contributed by atoms with E-state index in [0.29, 0.717) is 12.0 Å². The molecule has 0 amide bonds. The zero-order chi connectivity index (χ0) is 13.7. The third kappa shape index (κ3) is 3.57. The number of aromatic nitrogens is 3. The molecule has 0 radical (unpaired) electrons. The van der Waals surface area contributed by atoms with Crippen molar-refractivity contribution in [2.45, 2.75) is 25.8 Å². The number of halogens is 2. The maximum Gasteiger partial charge on any atom is 0.129 e. The molecule has 4 nitrogen and oxygen atoms in total. The van der Waals surface area contributed by atoms with Crippen molar-refractivity contribution in [2.75, 3.05) is 6.54 Å². The second-order valence-corrected chi connectivity index (χ2v) is 4.34. The molecular formula is C13H16F2N4. The molecule has 0 saturated heterocycles. The van der Waals surface area contributed by atoms with Gasteiger partial charge in [-0.2, -0.15) is 15.4 Å². The number of hydrogen-bond acceptors (Lipinski definition) is 3. The second-order valence-electron chi connectivity index (χ2n) is 4.34. The molecule has 1 aromatic heterocycles. The SMILES string of the molecule is CCCNC(Cc1ccc(F)cc1F)c1cn[nH]n1. The van der Waals surface area contributed by atoms with Crippen LogP contribution in [0.25, 0.3) is 0 Å². The van der Waals surface area contributed by atoms with Crippen LogP contribution in [0.2, 0.25) is 0 Å². The van der Waals surface area contributed by atoms with Crippen LogP contribution in [-0.2, 0) is 6.42 Å². The van der Waals surface area contributed by atoms with Crippen LogP contribution in [0, 0.1) is 11.6 Å². The molecule has 0 aliphatic carbocycles. The molecule has 102 valence electrons. The third-order valence-electron chi connectivity index (χ3n) is 2.87. The summed E-state index contributed by atoms with van der Waals surface area (Å²) in [4.78, 5) is 0. The van der Waals surface area contributed by atoms with Crippen molar-refractivity contribution in [2.24, 2.45) is 0 Å². The smallest absolute Gasteiger partial charge is 0.129 e. The van der Waals surface area contributed by atoms with Crippen molar-refractivity contribution in [1.82, 2.24) is 20.7 Å². The van der Waals surface area contributed by atoms with Gasteiger partial charge < -0.3 is 5.32 Å². The van der Waals surface area contributed by atoms with Crippen molar-refractivity contribution in [3.05, 3.63) is 47.3 Å². The molecule has 0 spiro atoms. The van der Waals surface area contributed by atoms with Gasteiger partial charge in [0, 0.05) is 6.07 Å². The molecule has 2 N–H and O–H groups in total. The molecule has 0 bridgehead atoms. The molecular weight excluding hydrogens is 250 g/mol. The van der Waals surface area contributed by atoms with E-state index in [4.69, 9.17) is 0 Å². The van der Waals surface area contributed by atoms with Gasteiger partial charge >= 0.3 is 0 Å². The van der Waals surface area contributed by atoms with E-state index >= 15 is 0 Å². The van der Waals surface area contributed by atoms with Gasteiger partial charge in [0.25, 0.3) is 0 Å². The average Bonchev–Trinajstić information content (AvgIpc) is 2.90. The van der Waals surface area contributed by atoms with Crippen LogP contribution < -0.4 is 5.32 Å². The molecule has 0 saturated carbocycles. The first-order chi connectivity index (χ1) is 9.20. The third-order valence-corrected chi connectivity index (χ3v) is 2.87. The fraction of sp³-hybridized carbons (Fsp3) is 0.385. The van der Waals surface area contributed by atoms with Crippen molar-refractivity contribution < 1.29 is 8.78 Å². The first-order valence-electron chi connectivity index (χ1n) is 6.23. The molecule has 2 aromatic rings. The summed E-state index contributed by atoms with van der Waals surface area (Å²) in [6.45, 7) is 2.84. The zero-order valence-corrected chi connectivity index (χ0v) is 10.7. The largest absolute Gasteiger partial charge is 0.308 e. The minimum absolute atomic E-state index is 0.140. The lowest BCUT2D eigenvalue weighted by Crippen LogP contribution is -2.24. The molecule has 0 aliphatic heterocycles. The Kier molecular flexibility index (Phi) is 4.57. The highest BCUT2D eigenvalue weighted by Crippen LogP contribution is 2.18. The van der Waals surface area contributed by atoms with Crippen LogP contribution in [0.3, 0.4) is 0 Å². The van der Waals surface area contributed by atoms with Gasteiger partial charge in [-0.3, -0.25) is 0 Å². The van der Waals surface area contributed by atoms with Crippen LogP contribution in [0.1, 0.15) is 30.6 Å².